The lowest BCUT2D eigenvalue weighted by atomic mass is 10.1. The molecule has 16 heavy (non-hydrogen) atoms. The minimum Gasteiger partial charge on any atom is -0.344 e. The lowest BCUT2D eigenvalue weighted by Gasteiger charge is -2.21. The zero-order valence-corrected chi connectivity index (χ0v) is 10.6. The summed E-state index contributed by atoms with van der Waals surface area (Å²) in [6.45, 7) is 6.15. The maximum absolute atomic E-state index is 11.7. The van der Waals surface area contributed by atoms with Crippen molar-refractivity contribution in [3.8, 4) is 0 Å². The Kier molecular flexibility index (Phi) is 6.72. The van der Waals surface area contributed by atoms with Crippen molar-refractivity contribution in [3.63, 3.8) is 0 Å². The zero-order chi connectivity index (χ0) is 12.7. The van der Waals surface area contributed by atoms with Gasteiger partial charge in [-0.1, -0.05) is 13.3 Å². The Morgan fingerprint density at radius 3 is 2.38 bits per heavy atom. The van der Waals surface area contributed by atoms with Crippen molar-refractivity contribution in [3.05, 3.63) is 0 Å². The van der Waals surface area contributed by atoms with Gasteiger partial charge in [-0.2, -0.15) is 0 Å². The van der Waals surface area contributed by atoms with Crippen molar-refractivity contribution in [1.29, 1.82) is 0 Å². The molecule has 0 saturated heterocycles. The van der Waals surface area contributed by atoms with Crippen LogP contribution in [0.4, 0.5) is 0 Å². The smallest absolute Gasteiger partial charge is 0.244 e. The highest BCUT2D eigenvalue weighted by molar-refractivity contribution is 5.89. The maximum atomic E-state index is 11.7. The minimum atomic E-state index is -0.521. The van der Waals surface area contributed by atoms with Crippen LogP contribution in [0.1, 0.15) is 33.6 Å². The van der Waals surface area contributed by atoms with Gasteiger partial charge in [0.15, 0.2) is 0 Å². The van der Waals surface area contributed by atoms with E-state index < -0.39 is 12.1 Å². The number of carbonyl (C=O) groups excluding carboxylic acids is 2. The SMILES string of the molecule is CCC[C@@H](N)C(=O)NC(C)C(=O)N(C)CC. The van der Waals surface area contributed by atoms with Gasteiger partial charge in [0, 0.05) is 13.6 Å². The first-order chi connectivity index (χ1) is 7.43. The number of likely N-dealkylation sites (N-methyl/N-ethyl adjacent to an activating group) is 1. The molecule has 5 nitrogen and oxygen atoms in total. The van der Waals surface area contributed by atoms with Crippen molar-refractivity contribution in [2.45, 2.75) is 45.7 Å². The van der Waals surface area contributed by atoms with Crippen LogP contribution >= 0.6 is 0 Å². The van der Waals surface area contributed by atoms with Crippen molar-refractivity contribution in [1.82, 2.24) is 10.2 Å². The van der Waals surface area contributed by atoms with Crippen molar-refractivity contribution >= 4 is 11.8 Å². The monoisotopic (exact) mass is 229 g/mol. The van der Waals surface area contributed by atoms with Gasteiger partial charge in [0.2, 0.25) is 11.8 Å². The summed E-state index contributed by atoms with van der Waals surface area (Å²) in [5.41, 5.74) is 5.65. The summed E-state index contributed by atoms with van der Waals surface area (Å²) in [6, 6.07) is -1.03. The van der Waals surface area contributed by atoms with E-state index in [1.807, 2.05) is 13.8 Å². The molecule has 0 aliphatic carbocycles. The van der Waals surface area contributed by atoms with Crippen LogP contribution in [0.3, 0.4) is 0 Å². The van der Waals surface area contributed by atoms with Gasteiger partial charge in [-0.3, -0.25) is 9.59 Å². The maximum Gasteiger partial charge on any atom is 0.244 e. The molecule has 0 heterocycles. The predicted molar refractivity (Wildman–Crippen MR) is 63.8 cm³/mol. The quantitative estimate of drug-likeness (QED) is 0.678. The normalized spacial score (nSPS) is 14.1. The molecule has 0 fully saturated rings. The van der Waals surface area contributed by atoms with E-state index in [4.69, 9.17) is 5.73 Å². The summed E-state index contributed by atoms with van der Waals surface area (Å²) in [5.74, 6) is -0.355. The van der Waals surface area contributed by atoms with E-state index in [2.05, 4.69) is 5.32 Å². The van der Waals surface area contributed by atoms with Crippen molar-refractivity contribution < 1.29 is 9.59 Å². The van der Waals surface area contributed by atoms with E-state index in [1.54, 1.807) is 18.9 Å². The first kappa shape index (κ1) is 14.9. The lowest BCUT2D eigenvalue weighted by molar-refractivity contribution is -0.135. The van der Waals surface area contributed by atoms with Gasteiger partial charge >= 0.3 is 0 Å². The molecular formula is C11H23N3O2. The number of hydrogen-bond donors (Lipinski definition) is 2. The van der Waals surface area contributed by atoms with Gasteiger partial charge in [0.25, 0.3) is 0 Å². The number of nitrogens with two attached hydrogens (primary N) is 1. The number of carbonyl (C=O) groups is 2. The number of nitrogens with zero attached hydrogens (tertiary/aromatic N) is 1. The molecular weight excluding hydrogens is 206 g/mol. The summed E-state index contributed by atoms with van der Waals surface area (Å²) < 4.78 is 0. The van der Waals surface area contributed by atoms with Crippen LogP contribution in [0.2, 0.25) is 0 Å². The standard InChI is InChI=1S/C11H23N3O2/c1-5-7-9(12)10(15)13-8(3)11(16)14(4)6-2/h8-9H,5-7,12H2,1-4H3,(H,13,15)/t8?,9-/m1/s1. The Bertz CT molecular complexity index is 243. The highest BCUT2D eigenvalue weighted by Gasteiger charge is 2.21. The van der Waals surface area contributed by atoms with Crippen LogP contribution < -0.4 is 11.1 Å². The molecule has 2 amide bonds. The van der Waals surface area contributed by atoms with E-state index in [0.717, 1.165) is 6.42 Å². The van der Waals surface area contributed by atoms with Gasteiger partial charge in [-0.25, -0.2) is 0 Å². The van der Waals surface area contributed by atoms with E-state index in [1.165, 1.54) is 0 Å². The highest BCUT2D eigenvalue weighted by Crippen LogP contribution is 1.96. The van der Waals surface area contributed by atoms with E-state index in [0.29, 0.717) is 13.0 Å². The second kappa shape index (κ2) is 7.22. The lowest BCUT2D eigenvalue weighted by Crippen LogP contribution is -2.50. The number of rotatable bonds is 6. The van der Waals surface area contributed by atoms with Crippen LogP contribution in [0.25, 0.3) is 0 Å². The van der Waals surface area contributed by atoms with Crippen LogP contribution in [0.15, 0.2) is 0 Å². The van der Waals surface area contributed by atoms with E-state index in [-0.39, 0.29) is 11.8 Å². The number of amides is 2. The fourth-order valence-electron chi connectivity index (χ4n) is 1.31. The van der Waals surface area contributed by atoms with Crippen molar-refractivity contribution in [2.24, 2.45) is 5.73 Å². The first-order valence-corrected chi connectivity index (χ1v) is 5.74. The number of hydrogen-bond acceptors (Lipinski definition) is 3. The number of nitrogens with one attached hydrogen (secondary N) is 1. The molecule has 1 unspecified atom stereocenters. The molecule has 0 aromatic carbocycles. The van der Waals surface area contributed by atoms with Gasteiger partial charge in [0.1, 0.15) is 6.04 Å². The molecule has 5 heteroatoms. The van der Waals surface area contributed by atoms with Crippen LogP contribution in [-0.4, -0.2) is 42.4 Å². The average Bonchev–Trinajstić information content (AvgIpc) is 2.26. The first-order valence-electron chi connectivity index (χ1n) is 5.74. The molecule has 94 valence electrons. The average molecular weight is 229 g/mol. The highest BCUT2D eigenvalue weighted by atomic mass is 16.2. The Morgan fingerprint density at radius 2 is 1.94 bits per heavy atom. The van der Waals surface area contributed by atoms with Gasteiger partial charge in [-0.05, 0) is 20.3 Å². The topological polar surface area (TPSA) is 75.4 Å². The van der Waals surface area contributed by atoms with Crippen LogP contribution in [0.5, 0.6) is 0 Å². The van der Waals surface area contributed by atoms with Gasteiger partial charge < -0.3 is 16.0 Å². The Balaban J connectivity index is 4.18. The third-order valence-electron chi connectivity index (χ3n) is 2.52. The van der Waals surface area contributed by atoms with Crippen molar-refractivity contribution in [2.75, 3.05) is 13.6 Å². The summed E-state index contributed by atoms with van der Waals surface area (Å²) >= 11 is 0. The summed E-state index contributed by atoms with van der Waals surface area (Å²) in [6.07, 6.45) is 1.49. The largest absolute Gasteiger partial charge is 0.344 e. The minimum absolute atomic E-state index is 0.0976. The Morgan fingerprint density at radius 1 is 1.38 bits per heavy atom. The third kappa shape index (κ3) is 4.61. The molecule has 3 N–H and O–H groups in total. The predicted octanol–water partition coefficient (Wildman–Crippen LogP) is 0.0968. The summed E-state index contributed by atoms with van der Waals surface area (Å²) in [5, 5.41) is 2.62. The molecule has 2 atom stereocenters. The summed E-state index contributed by atoms with van der Waals surface area (Å²) in [7, 11) is 1.71. The fourth-order valence-corrected chi connectivity index (χ4v) is 1.31. The molecule has 0 aliphatic heterocycles. The van der Waals surface area contributed by atoms with Crippen LogP contribution in [0, 0.1) is 0 Å². The van der Waals surface area contributed by atoms with E-state index in [9.17, 15) is 9.59 Å². The Hall–Kier alpha value is -1.10. The second-order valence-electron chi connectivity index (χ2n) is 3.98. The molecule has 0 aromatic rings. The molecule has 0 saturated carbocycles. The molecule has 0 spiro atoms. The zero-order valence-electron chi connectivity index (χ0n) is 10.6. The molecule has 0 bridgehead atoms. The third-order valence-corrected chi connectivity index (χ3v) is 2.52. The van der Waals surface area contributed by atoms with Gasteiger partial charge in [0.05, 0.1) is 6.04 Å². The molecule has 0 rings (SSSR count). The molecule has 0 aliphatic rings. The second-order valence-corrected chi connectivity index (χ2v) is 3.98. The molecule has 0 aromatic heterocycles. The summed E-state index contributed by atoms with van der Waals surface area (Å²) in [4.78, 5) is 24.8. The molecule has 0 radical (unpaired) electrons. The fraction of sp³-hybridized carbons (Fsp3) is 0.818. The van der Waals surface area contributed by atoms with E-state index >= 15 is 0 Å². The Labute approximate surface area is 97.4 Å². The van der Waals surface area contributed by atoms with Gasteiger partial charge in [-0.15, -0.1) is 0 Å². The van der Waals surface area contributed by atoms with Crippen LogP contribution in [-0.2, 0) is 9.59 Å².